The van der Waals surface area contributed by atoms with Crippen molar-refractivity contribution in [2.75, 3.05) is 12.4 Å². The molecule has 0 unspecified atom stereocenters. The maximum absolute atomic E-state index is 12.4. The lowest BCUT2D eigenvalue weighted by Gasteiger charge is -2.26. The summed E-state index contributed by atoms with van der Waals surface area (Å²) < 4.78 is 34.8. The van der Waals surface area contributed by atoms with Crippen LogP contribution in [0.15, 0.2) is 24.3 Å². The van der Waals surface area contributed by atoms with Gasteiger partial charge in [0.05, 0.1) is 13.8 Å². The van der Waals surface area contributed by atoms with Crippen LogP contribution in [0.5, 0.6) is 0 Å². The summed E-state index contributed by atoms with van der Waals surface area (Å²) in [4.78, 5) is 24.4. The molecule has 2 rings (SSSR count). The molecular weight excluding hydrogens is 367 g/mol. The number of ether oxygens (including phenoxy) is 1. The van der Waals surface area contributed by atoms with Gasteiger partial charge in [-0.3, -0.25) is 14.1 Å². The summed E-state index contributed by atoms with van der Waals surface area (Å²) in [6, 6.07) is 7.93. The molecule has 27 heavy (non-hydrogen) atoms. The molecular formula is C19H25BO6S. The number of esters is 1. The molecule has 1 fully saturated rings. The Hall–Kier alpha value is -1.67. The topological polar surface area (TPSA) is 97.7 Å². The van der Waals surface area contributed by atoms with Crippen LogP contribution in [0.3, 0.4) is 0 Å². The van der Waals surface area contributed by atoms with Crippen molar-refractivity contribution in [3.05, 3.63) is 35.4 Å². The average molecular weight is 392 g/mol. The second kappa shape index (κ2) is 10.0. The van der Waals surface area contributed by atoms with E-state index in [2.05, 4.69) is 0 Å². The molecule has 1 aromatic rings. The van der Waals surface area contributed by atoms with E-state index in [-0.39, 0.29) is 24.2 Å². The first-order valence-corrected chi connectivity index (χ1v) is 10.8. The Morgan fingerprint density at radius 3 is 2.15 bits per heavy atom. The lowest BCUT2D eigenvalue weighted by molar-refractivity contribution is -0.150. The fourth-order valence-electron chi connectivity index (χ4n) is 3.33. The summed E-state index contributed by atoms with van der Waals surface area (Å²) in [5.74, 6) is -1.17. The molecule has 1 aromatic carbocycles. The van der Waals surface area contributed by atoms with Gasteiger partial charge in [-0.2, -0.15) is 8.42 Å². The summed E-state index contributed by atoms with van der Waals surface area (Å²) in [5.41, 5.74) is 2.17. The summed E-state index contributed by atoms with van der Waals surface area (Å²) >= 11 is 0. The number of Topliss-reactive ketones (excluding diaryl/α,β-unsaturated/α-hetero) is 1. The first kappa shape index (κ1) is 21.6. The molecule has 0 heterocycles. The Morgan fingerprint density at radius 2 is 1.59 bits per heavy atom. The summed E-state index contributed by atoms with van der Waals surface area (Å²) in [7, 11) is 1.44. The minimum Gasteiger partial charge on any atom is -0.464 e. The Labute approximate surface area is 161 Å². The van der Waals surface area contributed by atoms with Crippen LogP contribution in [0.2, 0.25) is 0 Å². The quantitative estimate of drug-likeness (QED) is 0.393. The smallest absolute Gasteiger partial charge is 0.308 e. The number of benzene rings is 1. The molecule has 2 radical (unpaired) electrons. The second-order valence-corrected chi connectivity index (χ2v) is 8.56. The van der Waals surface area contributed by atoms with Crippen molar-refractivity contribution < 1.29 is 27.3 Å². The zero-order valence-corrected chi connectivity index (χ0v) is 16.1. The standard InChI is InChI=1S/C19H25BO6S/c20-13-15-3-1-14(2-4-15)5-10-18(21)16-6-8-17(9-7-16)19(22)26-11-12-27(23,24)25/h1-4,16-17H,5-13H2,(H,23,24,25). The maximum Gasteiger partial charge on any atom is 0.308 e. The molecule has 1 aliphatic rings. The summed E-state index contributed by atoms with van der Waals surface area (Å²) in [5, 5.41) is 0. The monoisotopic (exact) mass is 392 g/mol. The van der Waals surface area contributed by atoms with Crippen molar-refractivity contribution in [1.82, 2.24) is 0 Å². The Kier molecular flexibility index (Phi) is 8.04. The highest BCUT2D eigenvalue weighted by molar-refractivity contribution is 7.85. The number of aryl methyl sites for hydroxylation is 1. The predicted molar refractivity (Wildman–Crippen MR) is 102 cm³/mol. The number of hydrogen-bond acceptors (Lipinski definition) is 5. The Morgan fingerprint density at radius 1 is 1.04 bits per heavy atom. The van der Waals surface area contributed by atoms with Gasteiger partial charge in [-0.05, 0) is 37.7 Å². The third-order valence-electron chi connectivity index (χ3n) is 5.02. The fraction of sp³-hybridized carbons (Fsp3) is 0.579. The predicted octanol–water partition coefficient (Wildman–Crippen LogP) is 2.09. The van der Waals surface area contributed by atoms with Crippen LogP contribution in [-0.4, -0.2) is 44.9 Å². The van der Waals surface area contributed by atoms with Crippen molar-refractivity contribution in [1.29, 1.82) is 0 Å². The van der Waals surface area contributed by atoms with Crippen molar-refractivity contribution in [3.63, 3.8) is 0 Å². The van der Waals surface area contributed by atoms with E-state index in [0.29, 0.717) is 44.8 Å². The normalized spacial score (nSPS) is 20.2. The number of carbonyl (C=O) groups excluding carboxylic acids is 2. The van der Waals surface area contributed by atoms with Gasteiger partial charge in [0.1, 0.15) is 18.1 Å². The molecule has 0 atom stereocenters. The van der Waals surface area contributed by atoms with Gasteiger partial charge < -0.3 is 4.74 Å². The molecule has 0 aromatic heterocycles. The molecule has 8 heteroatoms. The Balaban J connectivity index is 1.70. The van der Waals surface area contributed by atoms with Crippen LogP contribution in [0.1, 0.15) is 43.2 Å². The van der Waals surface area contributed by atoms with E-state index in [1.807, 2.05) is 24.3 Å². The van der Waals surface area contributed by atoms with E-state index < -0.39 is 21.8 Å². The van der Waals surface area contributed by atoms with E-state index in [1.54, 1.807) is 0 Å². The molecule has 146 valence electrons. The van der Waals surface area contributed by atoms with Crippen LogP contribution < -0.4 is 0 Å². The summed E-state index contributed by atoms with van der Waals surface area (Å²) in [6.45, 7) is -0.348. The molecule has 1 aliphatic carbocycles. The molecule has 1 saturated carbocycles. The van der Waals surface area contributed by atoms with Crippen molar-refractivity contribution >= 4 is 29.7 Å². The maximum atomic E-state index is 12.4. The zero-order chi connectivity index (χ0) is 19.9. The highest BCUT2D eigenvalue weighted by atomic mass is 32.2. The first-order valence-electron chi connectivity index (χ1n) is 9.21. The fourth-order valence-corrected chi connectivity index (χ4v) is 3.62. The molecule has 0 saturated heterocycles. The Bertz CT molecular complexity index is 736. The van der Waals surface area contributed by atoms with E-state index in [0.717, 1.165) is 11.1 Å². The van der Waals surface area contributed by atoms with Gasteiger partial charge >= 0.3 is 5.97 Å². The van der Waals surface area contributed by atoms with Crippen LogP contribution in [0.25, 0.3) is 0 Å². The number of hydrogen-bond donors (Lipinski definition) is 1. The van der Waals surface area contributed by atoms with Crippen LogP contribution in [-0.2, 0) is 37.2 Å². The van der Waals surface area contributed by atoms with Gasteiger partial charge in [0.2, 0.25) is 0 Å². The van der Waals surface area contributed by atoms with Gasteiger partial charge in [-0.25, -0.2) is 0 Å². The second-order valence-electron chi connectivity index (χ2n) is 6.99. The average Bonchev–Trinajstić information content (AvgIpc) is 2.65. The minimum absolute atomic E-state index is 0.0322. The lowest BCUT2D eigenvalue weighted by Crippen LogP contribution is -2.28. The van der Waals surface area contributed by atoms with Gasteiger partial charge in [-0.1, -0.05) is 36.1 Å². The van der Waals surface area contributed by atoms with Crippen LogP contribution in [0.4, 0.5) is 0 Å². The van der Waals surface area contributed by atoms with Crippen molar-refractivity contribution in [2.45, 2.75) is 44.8 Å². The van der Waals surface area contributed by atoms with Gasteiger partial charge in [-0.15, -0.1) is 0 Å². The molecule has 1 N–H and O–H groups in total. The third kappa shape index (κ3) is 7.46. The SMILES string of the molecule is [B]Cc1ccc(CCC(=O)C2CCC(C(=O)OCCS(=O)(=O)O)CC2)cc1. The largest absolute Gasteiger partial charge is 0.464 e. The van der Waals surface area contributed by atoms with E-state index in [4.69, 9.17) is 17.1 Å². The molecule has 0 amide bonds. The molecule has 0 aliphatic heterocycles. The highest BCUT2D eigenvalue weighted by Gasteiger charge is 2.30. The number of carbonyl (C=O) groups is 2. The minimum atomic E-state index is -4.13. The lowest BCUT2D eigenvalue weighted by atomic mass is 9.79. The van der Waals surface area contributed by atoms with E-state index in [1.165, 1.54) is 0 Å². The molecule has 0 spiro atoms. The molecule has 6 nitrogen and oxygen atoms in total. The molecule has 0 bridgehead atoms. The number of rotatable bonds is 9. The van der Waals surface area contributed by atoms with Gasteiger partial charge in [0.25, 0.3) is 10.1 Å². The van der Waals surface area contributed by atoms with Gasteiger partial charge in [0.15, 0.2) is 0 Å². The van der Waals surface area contributed by atoms with E-state index >= 15 is 0 Å². The van der Waals surface area contributed by atoms with Crippen molar-refractivity contribution in [3.8, 4) is 0 Å². The summed E-state index contributed by atoms with van der Waals surface area (Å²) in [6.07, 6.45) is 4.09. The first-order chi connectivity index (χ1) is 12.8. The van der Waals surface area contributed by atoms with Crippen LogP contribution in [0, 0.1) is 11.8 Å². The van der Waals surface area contributed by atoms with Gasteiger partial charge in [0, 0.05) is 12.3 Å². The zero-order valence-electron chi connectivity index (χ0n) is 15.3. The van der Waals surface area contributed by atoms with Crippen LogP contribution >= 0.6 is 0 Å². The third-order valence-corrected chi connectivity index (χ3v) is 5.70. The number of ketones is 1. The van der Waals surface area contributed by atoms with Crippen molar-refractivity contribution in [2.24, 2.45) is 11.8 Å². The van der Waals surface area contributed by atoms with E-state index in [9.17, 15) is 18.0 Å². The highest BCUT2D eigenvalue weighted by Crippen LogP contribution is 2.31.